The van der Waals surface area contributed by atoms with Crippen LogP contribution in [-0.4, -0.2) is 9.78 Å². The van der Waals surface area contributed by atoms with E-state index in [-0.39, 0.29) is 17.3 Å². The molecule has 7 heteroatoms. The lowest BCUT2D eigenvalue weighted by atomic mass is 9.84. The monoisotopic (exact) mass is 380 g/mol. The van der Waals surface area contributed by atoms with E-state index in [1.165, 1.54) is 12.1 Å². The van der Waals surface area contributed by atoms with Crippen molar-refractivity contribution >= 4 is 11.6 Å². The Kier molecular flexibility index (Phi) is 4.09. The van der Waals surface area contributed by atoms with Crippen LogP contribution in [0.25, 0.3) is 5.69 Å². The number of ether oxygens (including phenoxy) is 1. The maximum atomic E-state index is 13.4. The number of aryl methyl sites for hydroxylation is 1. The minimum Gasteiger partial charge on any atom is -0.422 e. The highest BCUT2D eigenvalue weighted by Gasteiger charge is 2.36. The quantitative estimate of drug-likeness (QED) is 0.723. The minimum absolute atomic E-state index is 0.00232. The van der Waals surface area contributed by atoms with Gasteiger partial charge in [-0.15, -0.1) is 0 Å². The Balaban J connectivity index is 1.95. The molecule has 5 nitrogen and oxygen atoms in total. The van der Waals surface area contributed by atoms with Gasteiger partial charge in [0.05, 0.1) is 22.9 Å². The number of fused-ring (bicyclic) bond motifs is 1. The normalized spacial score (nSPS) is 15.9. The van der Waals surface area contributed by atoms with Gasteiger partial charge in [0, 0.05) is 5.02 Å². The lowest BCUT2D eigenvalue weighted by molar-refractivity contribution is 0.367. The van der Waals surface area contributed by atoms with Crippen LogP contribution in [0.1, 0.15) is 22.7 Å². The standard InChI is InChI=1S/C20H14ClFN4O/c1-11-17-18(12-5-7-14(22)8-6-12)16(10-23)19(24)27-20(17)26(25-11)15-4-2-3-13(21)9-15/h2-9,18H,24H2,1H3. The van der Waals surface area contributed by atoms with Crippen molar-refractivity contribution in [3.8, 4) is 17.6 Å². The fourth-order valence-corrected chi connectivity index (χ4v) is 3.47. The first kappa shape index (κ1) is 17.1. The molecule has 1 atom stereocenters. The number of rotatable bonds is 2. The second kappa shape index (κ2) is 6.45. The smallest absolute Gasteiger partial charge is 0.229 e. The maximum absolute atomic E-state index is 13.4. The van der Waals surface area contributed by atoms with E-state index in [0.29, 0.717) is 27.8 Å². The molecule has 4 rings (SSSR count). The number of nitrogens with two attached hydrogens (primary N) is 1. The molecule has 0 fully saturated rings. The third-order valence-electron chi connectivity index (χ3n) is 4.49. The summed E-state index contributed by atoms with van der Waals surface area (Å²) in [5.41, 5.74) is 9.14. The van der Waals surface area contributed by atoms with Crippen LogP contribution in [0.5, 0.6) is 5.88 Å². The lowest BCUT2D eigenvalue weighted by Crippen LogP contribution is -2.22. The summed E-state index contributed by atoms with van der Waals surface area (Å²) in [6.45, 7) is 1.83. The Labute approximate surface area is 160 Å². The largest absolute Gasteiger partial charge is 0.422 e. The molecule has 0 spiro atoms. The molecular weight excluding hydrogens is 367 g/mol. The van der Waals surface area contributed by atoms with Crippen LogP contribution in [0.4, 0.5) is 4.39 Å². The van der Waals surface area contributed by atoms with E-state index in [9.17, 15) is 9.65 Å². The zero-order chi connectivity index (χ0) is 19.1. The van der Waals surface area contributed by atoms with Gasteiger partial charge in [0.2, 0.25) is 11.8 Å². The molecule has 2 heterocycles. The van der Waals surface area contributed by atoms with Crippen LogP contribution in [0.3, 0.4) is 0 Å². The molecule has 1 unspecified atom stereocenters. The molecule has 0 bridgehead atoms. The summed E-state index contributed by atoms with van der Waals surface area (Å²) in [4.78, 5) is 0. The van der Waals surface area contributed by atoms with Crippen molar-refractivity contribution in [2.45, 2.75) is 12.8 Å². The second-order valence-electron chi connectivity index (χ2n) is 6.17. The van der Waals surface area contributed by atoms with E-state index < -0.39 is 5.92 Å². The van der Waals surface area contributed by atoms with Crippen molar-refractivity contribution in [1.82, 2.24) is 9.78 Å². The Hall–Kier alpha value is -3.30. The molecule has 0 aliphatic carbocycles. The number of hydrogen-bond donors (Lipinski definition) is 1. The molecule has 1 aliphatic rings. The van der Waals surface area contributed by atoms with E-state index >= 15 is 0 Å². The van der Waals surface area contributed by atoms with E-state index in [0.717, 1.165) is 5.56 Å². The highest BCUT2D eigenvalue weighted by molar-refractivity contribution is 6.30. The third-order valence-corrected chi connectivity index (χ3v) is 4.72. The summed E-state index contributed by atoms with van der Waals surface area (Å²) in [5, 5.41) is 14.8. The molecule has 0 saturated carbocycles. The molecule has 2 N–H and O–H groups in total. The van der Waals surface area contributed by atoms with E-state index in [4.69, 9.17) is 22.1 Å². The van der Waals surface area contributed by atoms with Gasteiger partial charge in [-0.3, -0.25) is 0 Å². The lowest BCUT2D eigenvalue weighted by Gasteiger charge is -2.24. The van der Waals surface area contributed by atoms with Crippen molar-refractivity contribution in [3.63, 3.8) is 0 Å². The molecule has 0 saturated heterocycles. The van der Waals surface area contributed by atoms with E-state index in [1.54, 1.807) is 35.0 Å². The van der Waals surface area contributed by atoms with Crippen LogP contribution in [0, 0.1) is 24.1 Å². The first-order valence-corrected chi connectivity index (χ1v) is 8.56. The van der Waals surface area contributed by atoms with Crippen molar-refractivity contribution in [3.05, 3.63) is 87.6 Å². The summed E-state index contributed by atoms with van der Waals surface area (Å²) < 4.78 is 20.8. The number of nitrogens with zero attached hydrogens (tertiary/aromatic N) is 3. The number of allylic oxidation sites excluding steroid dienone is 1. The molecule has 3 aromatic rings. The molecule has 27 heavy (non-hydrogen) atoms. The van der Waals surface area contributed by atoms with Crippen molar-refractivity contribution < 1.29 is 9.13 Å². The molecule has 0 amide bonds. The molecule has 134 valence electrons. The molecule has 1 aliphatic heterocycles. The summed E-state index contributed by atoms with van der Waals surface area (Å²) in [6.07, 6.45) is 0. The summed E-state index contributed by atoms with van der Waals surface area (Å²) in [5.74, 6) is -0.428. The zero-order valence-corrected chi connectivity index (χ0v) is 15.0. The van der Waals surface area contributed by atoms with Crippen LogP contribution in [0.2, 0.25) is 5.02 Å². The Morgan fingerprint density at radius 2 is 2.00 bits per heavy atom. The summed E-state index contributed by atoms with van der Waals surface area (Å²) in [6, 6.07) is 15.3. The molecule has 2 aromatic carbocycles. The fraction of sp³-hybridized carbons (Fsp3) is 0.100. The van der Waals surface area contributed by atoms with Gasteiger partial charge in [-0.1, -0.05) is 29.8 Å². The molecule has 1 aromatic heterocycles. The average Bonchev–Trinajstić information content (AvgIpc) is 2.97. The van der Waals surface area contributed by atoms with Gasteiger partial charge >= 0.3 is 0 Å². The van der Waals surface area contributed by atoms with E-state index in [2.05, 4.69) is 11.2 Å². The van der Waals surface area contributed by atoms with Crippen LogP contribution in [-0.2, 0) is 0 Å². The highest BCUT2D eigenvalue weighted by atomic mass is 35.5. The Bertz CT molecular complexity index is 1110. The third kappa shape index (κ3) is 2.82. The van der Waals surface area contributed by atoms with Gasteiger partial charge in [0.15, 0.2) is 0 Å². The first-order chi connectivity index (χ1) is 13.0. The summed E-state index contributed by atoms with van der Waals surface area (Å²) in [7, 11) is 0. The van der Waals surface area contributed by atoms with Crippen molar-refractivity contribution in [2.75, 3.05) is 0 Å². The van der Waals surface area contributed by atoms with Gasteiger partial charge in [-0.2, -0.15) is 10.4 Å². The molecule has 0 radical (unpaired) electrons. The second-order valence-corrected chi connectivity index (χ2v) is 6.61. The van der Waals surface area contributed by atoms with E-state index in [1.807, 2.05) is 13.0 Å². The zero-order valence-electron chi connectivity index (χ0n) is 14.3. The van der Waals surface area contributed by atoms with Gasteiger partial charge in [-0.05, 0) is 42.8 Å². The Morgan fingerprint density at radius 1 is 1.26 bits per heavy atom. The van der Waals surface area contributed by atoms with Gasteiger partial charge in [0.25, 0.3) is 0 Å². The minimum atomic E-state index is -0.493. The predicted octanol–water partition coefficient (Wildman–Crippen LogP) is 4.19. The predicted molar refractivity (Wildman–Crippen MR) is 99.0 cm³/mol. The average molecular weight is 381 g/mol. The van der Waals surface area contributed by atoms with Crippen molar-refractivity contribution in [2.24, 2.45) is 5.73 Å². The van der Waals surface area contributed by atoms with Crippen LogP contribution in [0.15, 0.2) is 60.0 Å². The van der Waals surface area contributed by atoms with Gasteiger partial charge in [0.1, 0.15) is 17.5 Å². The van der Waals surface area contributed by atoms with Crippen LogP contribution >= 0.6 is 11.6 Å². The van der Waals surface area contributed by atoms with Gasteiger partial charge < -0.3 is 10.5 Å². The summed E-state index contributed by atoms with van der Waals surface area (Å²) >= 11 is 6.10. The number of hydrogen-bond acceptors (Lipinski definition) is 4. The number of aromatic nitrogens is 2. The molecular formula is C20H14ClFN4O. The fourth-order valence-electron chi connectivity index (χ4n) is 3.29. The number of benzene rings is 2. The first-order valence-electron chi connectivity index (χ1n) is 8.18. The van der Waals surface area contributed by atoms with Crippen LogP contribution < -0.4 is 10.5 Å². The Morgan fingerprint density at radius 3 is 2.67 bits per heavy atom. The van der Waals surface area contributed by atoms with Gasteiger partial charge in [-0.25, -0.2) is 9.07 Å². The highest BCUT2D eigenvalue weighted by Crippen LogP contribution is 2.44. The number of halogens is 2. The van der Waals surface area contributed by atoms with Crippen molar-refractivity contribution in [1.29, 1.82) is 5.26 Å². The maximum Gasteiger partial charge on any atom is 0.229 e. The SMILES string of the molecule is Cc1nn(-c2cccc(Cl)c2)c2c1C(c1ccc(F)cc1)C(C#N)=C(N)O2. The number of nitriles is 1. The topological polar surface area (TPSA) is 76.9 Å².